The third-order valence-electron chi connectivity index (χ3n) is 2.77. The Morgan fingerprint density at radius 1 is 1.59 bits per heavy atom. The second-order valence-corrected chi connectivity index (χ2v) is 5.80. The van der Waals surface area contributed by atoms with Gasteiger partial charge in [-0.05, 0) is 37.0 Å². The molecule has 0 aromatic heterocycles. The molecule has 0 aliphatic heterocycles. The van der Waals surface area contributed by atoms with E-state index in [-0.39, 0.29) is 15.4 Å². The van der Waals surface area contributed by atoms with Crippen LogP contribution >= 0.6 is 27.5 Å². The van der Waals surface area contributed by atoms with Crippen LogP contribution in [-0.4, -0.2) is 17.3 Å². The average Bonchev–Trinajstić information content (AvgIpc) is 3.09. The van der Waals surface area contributed by atoms with Crippen molar-refractivity contribution in [2.24, 2.45) is 5.92 Å². The summed E-state index contributed by atoms with van der Waals surface area (Å²) >= 11 is 9.13. The molecule has 92 valence electrons. The predicted molar refractivity (Wildman–Crippen MR) is 69.2 cm³/mol. The highest BCUT2D eigenvalue weighted by atomic mass is 79.9. The van der Waals surface area contributed by atoms with E-state index in [0.717, 1.165) is 6.07 Å². The molecule has 1 atom stereocenters. The fourth-order valence-corrected chi connectivity index (χ4v) is 2.43. The van der Waals surface area contributed by atoms with Crippen LogP contribution in [0.1, 0.15) is 23.2 Å². The SMILES string of the molecule is O=C(NCC(Br)C1CC1)c1ccc(Cl)cc1F. The van der Waals surface area contributed by atoms with Crippen LogP contribution in [0.15, 0.2) is 18.2 Å². The molecule has 1 aliphatic rings. The molecular formula is C12H12BrClFNO. The third-order valence-corrected chi connectivity index (χ3v) is 4.07. The second kappa shape index (κ2) is 5.36. The summed E-state index contributed by atoms with van der Waals surface area (Å²) in [5.41, 5.74) is 0.0323. The largest absolute Gasteiger partial charge is 0.351 e. The number of carbonyl (C=O) groups is 1. The Kier molecular flexibility index (Phi) is 4.05. The van der Waals surface area contributed by atoms with Crippen molar-refractivity contribution in [3.05, 3.63) is 34.6 Å². The predicted octanol–water partition coefficient (Wildman–Crippen LogP) is 3.38. The van der Waals surface area contributed by atoms with Crippen LogP contribution < -0.4 is 5.32 Å². The van der Waals surface area contributed by atoms with Crippen molar-refractivity contribution in [2.45, 2.75) is 17.7 Å². The molecule has 1 amide bonds. The van der Waals surface area contributed by atoms with E-state index in [2.05, 4.69) is 21.2 Å². The van der Waals surface area contributed by atoms with Gasteiger partial charge < -0.3 is 5.32 Å². The fraction of sp³-hybridized carbons (Fsp3) is 0.417. The topological polar surface area (TPSA) is 29.1 Å². The van der Waals surface area contributed by atoms with E-state index in [1.807, 2.05) is 0 Å². The van der Waals surface area contributed by atoms with Gasteiger partial charge in [-0.2, -0.15) is 0 Å². The molecule has 0 spiro atoms. The third kappa shape index (κ3) is 3.42. The van der Waals surface area contributed by atoms with Crippen molar-refractivity contribution in [1.29, 1.82) is 0 Å². The lowest BCUT2D eigenvalue weighted by molar-refractivity contribution is 0.0949. The Morgan fingerprint density at radius 2 is 2.29 bits per heavy atom. The minimum atomic E-state index is -0.590. The van der Waals surface area contributed by atoms with Gasteiger partial charge in [0.15, 0.2) is 0 Å². The van der Waals surface area contributed by atoms with E-state index in [0.29, 0.717) is 12.5 Å². The van der Waals surface area contributed by atoms with E-state index in [1.165, 1.54) is 25.0 Å². The number of carbonyl (C=O) groups excluding carboxylic acids is 1. The highest BCUT2D eigenvalue weighted by molar-refractivity contribution is 9.09. The van der Waals surface area contributed by atoms with E-state index >= 15 is 0 Å². The first-order valence-corrected chi connectivity index (χ1v) is 6.74. The van der Waals surface area contributed by atoms with Crippen molar-refractivity contribution in [3.8, 4) is 0 Å². The lowest BCUT2D eigenvalue weighted by Gasteiger charge is -2.10. The molecule has 1 saturated carbocycles. The smallest absolute Gasteiger partial charge is 0.254 e. The number of hydrogen-bond acceptors (Lipinski definition) is 1. The molecule has 0 radical (unpaired) electrons. The number of hydrogen-bond donors (Lipinski definition) is 1. The van der Waals surface area contributed by atoms with Crippen LogP contribution in [0.3, 0.4) is 0 Å². The molecule has 1 aromatic rings. The van der Waals surface area contributed by atoms with Crippen molar-refractivity contribution < 1.29 is 9.18 Å². The minimum Gasteiger partial charge on any atom is -0.351 e. The summed E-state index contributed by atoms with van der Waals surface area (Å²) in [6, 6.07) is 4.04. The molecule has 0 saturated heterocycles. The molecule has 1 aromatic carbocycles. The van der Waals surface area contributed by atoms with E-state index in [9.17, 15) is 9.18 Å². The van der Waals surface area contributed by atoms with Gasteiger partial charge in [0.2, 0.25) is 0 Å². The second-order valence-electron chi connectivity index (χ2n) is 4.19. The van der Waals surface area contributed by atoms with Gasteiger partial charge in [0.05, 0.1) is 5.56 Å². The van der Waals surface area contributed by atoms with Crippen LogP contribution in [0.5, 0.6) is 0 Å². The first kappa shape index (κ1) is 12.8. The van der Waals surface area contributed by atoms with Gasteiger partial charge >= 0.3 is 0 Å². The van der Waals surface area contributed by atoms with Gasteiger partial charge in [-0.25, -0.2) is 4.39 Å². The molecule has 1 aliphatic carbocycles. The molecule has 2 rings (SSSR count). The summed E-state index contributed by atoms with van der Waals surface area (Å²) in [5.74, 6) is -0.345. The Morgan fingerprint density at radius 3 is 2.88 bits per heavy atom. The van der Waals surface area contributed by atoms with Crippen molar-refractivity contribution >= 4 is 33.4 Å². The number of alkyl halides is 1. The maximum absolute atomic E-state index is 13.4. The van der Waals surface area contributed by atoms with Crippen molar-refractivity contribution in [1.82, 2.24) is 5.32 Å². The Hall–Kier alpha value is -0.610. The van der Waals surface area contributed by atoms with Gasteiger partial charge in [0.1, 0.15) is 5.82 Å². The van der Waals surface area contributed by atoms with Gasteiger partial charge in [-0.3, -0.25) is 4.79 Å². The molecular weight excluding hydrogens is 308 g/mol. The maximum Gasteiger partial charge on any atom is 0.254 e. The lowest BCUT2D eigenvalue weighted by atomic mass is 10.2. The molecule has 1 fully saturated rings. The summed E-state index contributed by atoms with van der Waals surface area (Å²) in [7, 11) is 0. The number of benzene rings is 1. The molecule has 5 heteroatoms. The Labute approximate surface area is 113 Å². The number of amides is 1. The number of rotatable bonds is 4. The highest BCUT2D eigenvalue weighted by Gasteiger charge is 2.29. The van der Waals surface area contributed by atoms with E-state index in [4.69, 9.17) is 11.6 Å². The van der Waals surface area contributed by atoms with E-state index < -0.39 is 11.7 Å². The van der Waals surface area contributed by atoms with Crippen LogP contribution in [-0.2, 0) is 0 Å². The zero-order valence-corrected chi connectivity index (χ0v) is 11.4. The zero-order valence-electron chi connectivity index (χ0n) is 9.05. The van der Waals surface area contributed by atoms with Crippen LogP contribution in [0.2, 0.25) is 5.02 Å². The summed E-state index contributed by atoms with van der Waals surface area (Å²) in [4.78, 5) is 12.0. The fourth-order valence-electron chi connectivity index (χ4n) is 1.58. The van der Waals surface area contributed by atoms with Gasteiger partial charge in [-0.1, -0.05) is 27.5 Å². The zero-order chi connectivity index (χ0) is 12.4. The van der Waals surface area contributed by atoms with Gasteiger partial charge in [-0.15, -0.1) is 0 Å². The van der Waals surface area contributed by atoms with Crippen LogP contribution in [0.25, 0.3) is 0 Å². The quantitative estimate of drug-likeness (QED) is 0.847. The summed E-state index contributed by atoms with van der Waals surface area (Å²) < 4.78 is 13.4. The molecule has 0 heterocycles. The van der Waals surface area contributed by atoms with Crippen molar-refractivity contribution in [2.75, 3.05) is 6.54 Å². The standard InChI is InChI=1S/C12H12BrClFNO/c13-10(7-1-2-7)6-16-12(17)9-4-3-8(14)5-11(9)15/h3-5,7,10H,1-2,6H2,(H,16,17). The summed E-state index contributed by atoms with van der Waals surface area (Å²) in [6.45, 7) is 0.519. The first-order chi connectivity index (χ1) is 8.08. The molecule has 0 bridgehead atoms. The highest BCUT2D eigenvalue weighted by Crippen LogP contribution is 2.36. The van der Waals surface area contributed by atoms with Crippen LogP contribution in [0.4, 0.5) is 4.39 Å². The Bertz CT molecular complexity index is 437. The Balaban J connectivity index is 1.94. The van der Waals surface area contributed by atoms with Gasteiger partial charge in [0, 0.05) is 16.4 Å². The summed E-state index contributed by atoms with van der Waals surface area (Å²) in [5, 5.41) is 3.00. The van der Waals surface area contributed by atoms with E-state index in [1.54, 1.807) is 0 Å². The monoisotopic (exact) mass is 319 g/mol. The van der Waals surface area contributed by atoms with Crippen molar-refractivity contribution in [3.63, 3.8) is 0 Å². The summed E-state index contributed by atoms with van der Waals surface area (Å²) in [6.07, 6.45) is 2.39. The maximum atomic E-state index is 13.4. The molecule has 1 N–H and O–H groups in total. The lowest BCUT2D eigenvalue weighted by Crippen LogP contribution is -2.30. The average molecular weight is 321 g/mol. The molecule has 1 unspecified atom stereocenters. The number of nitrogens with one attached hydrogen (secondary N) is 1. The molecule has 2 nitrogen and oxygen atoms in total. The number of halogens is 3. The van der Waals surface area contributed by atoms with Crippen LogP contribution in [0, 0.1) is 11.7 Å². The van der Waals surface area contributed by atoms with Gasteiger partial charge in [0.25, 0.3) is 5.91 Å². The molecule has 17 heavy (non-hydrogen) atoms. The normalized spacial score (nSPS) is 16.6. The first-order valence-electron chi connectivity index (χ1n) is 5.45. The minimum absolute atomic E-state index is 0.0323.